The van der Waals surface area contributed by atoms with Crippen LogP contribution in [0.1, 0.15) is 24.2 Å². The fourth-order valence-electron chi connectivity index (χ4n) is 2.93. The molecule has 1 N–H and O–H groups in total. The van der Waals surface area contributed by atoms with Gasteiger partial charge in [-0.05, 0) is 30.3 Å². The van der Waals surface area contributed by atoms with Gasteiger partial charge in [-0.25, -0.2) is 23.1 Å². The standard InChI is InChI=1S/C21H14F3N5O.C2H6/c1-29-18(9-16(28-29)12-5-2-3-6-13(12)22)17-10-26-19(11-25-17)27-21(30)20-14(23)7-4-8-15(20)24;1-2/h2-11H,1H3,(H,26,27,30);1-2H3. The van der Waals surface area contributed by atoms with E-state index in [0.29, 0.717) is 22.6 Å². The SMILES string of the molecule is CC.Cn1nc(-c2ccccc2F)cc1-c1cnc(NC(=O)c2c(F)cccc2F)cn1. The normalized spacial score (nSPS) is 10.3. The van der Waals surface area contributed by atoms with Crippen molar-refractivity contribution >= 4 is 11.7 Å². The van der Waals surface area contributed by atoms with E-state index in [0.717, 1.165) is 12.1 Å². The van der Waals surface area contributed by atoms with E-state index in [1.54, 1.807) is 31.3 Å². The summed E-state index contributed by atoms with van der Waals surface area (Å²) >= 11 is 0. The Morgan fingerprint density at radius 1 is 0.875 bits per heavy atom. The maximum absolute atomic E-state index is 14.0. The molecule has 0 aliphatic heterocycles. The topological polar surface area (TPSA) is 72.7 Å². The van der Waals surface area contributed by atoms with E-state index in [1.165, 1.54) is 29.2 Å². The number of rotatable bonds is 4. The molecule has 2 aromatic heterocycles. The smallest absolute Gasteiger partial charge is 0.262 e. The van der Waals surface area contributed by atoms with Gasteiger partial charge in [-0.15, -0.1) is 0 Å². The lowest BCUT2D eigenvalue weighted by Gasteiger charge is -2.07. The number of amides is 1. The minimum atomic E-state index is -0.979. The van der Waals surface area contributed by atoms with Gasteiger partial charge in [0.15, 0.2) is 5.82 Å². The molecule has 0 aliphatic rings. The van der Waals surface area contributed by atoms with Crippen LogP contribution in [0.4, 0.5) is 19.0 Å². The van der Waals surface area contributed by atoms with Crippen LogP contribution in [0.2, 0.25) is 0 Å². The molecule has 2 aromatic carbocycles. The van der Waals surface area contributed by atoms with Crippen LogP contribution in [0, 0.1) is 17.5 Å². The van der Waals surface area contributed by atoms with Gasteiger partial charge in [0, 0.05) is 12.6 Å². The van der Waals surface area contributed by atoms with Crippen molar-refractivity contribution < 1.29 is 18.0 Å². The van der Waals surface area contributed by atoms with Crippen molar-refractivity contribution in [1.82, 2.24) is 19.7 Å². The molecule has 1 amide bonds. The minimum Gasteiger partial charge on any atom is -0.305 e. The lowest BCUT2D eigenvalue weighted by molar-refractivity contribution is 0.101. The van der Waals surface area contributed by atoms with Gasteiger partial charge in [-0.2, -0.15) is 5.10 Å². The van der Waals surface area contributed by atoms with E-state index in [9.17, 15) is 18.0 Å². The highest BCUT2D eigenvalue weighted by Crippen LogP contribution is 2.26. The average molecular weight is 439 g/mol. The fraction of sp³-hybridized carbons (Fsp3) is 0.130. The van der Waals surface area contributed by atoms with Gasteiger partial charge in [-0.1, -0.05) is 32.0 Å². The third-order valence-electron chi connectivity index (χ3n) is 4.38. The van der Waals surface area contributed by atoms with Gasteiger partial charge in [0.1, 0.15) is 28.7 Å². The first-order chi connectivity index (χ1) is 15.4. The van der Waals surface area contributed by atoms with Gasteiger partial charge in [0.05, 0.1) is 23.8 Å². The predicted molar refractivity (Wildman–Crippen MR) is 115 cm³/mol. The van der Waals surface area contributed by atoms with Gasteiger partial charge >= 0.3 is 0 Å². The van der Waals surface area contributed by atoms with Crippen molar-refractivity contribution in [1.29, 1.82) is 0 Å². The molecule has 4 rings (SSSR count). The first-order valence-corrected chi connectivity index (χ1v) is 9.81. The first kappa shape index (κ1) is 22.7. The highest BCUT2D eigenvalue weighted by molar-refractivity contribution is 6.04. The van der Waals surface area contributed by atoms with Gasteiger partial charge < -0.3 is 5.32 Å². The van der Waals surface area contributed by atoms with Crippen LogP contribution < -0.4 is 5.32 Å². The maximum Gasteiger partial charge on any atom is 0.262 e. The number of aromatic nitrogens is 4. The Labute approximate surface area is 182 Å². The molecule has 4 aromatic rings. The van der Waals surface area contributed by atoms with Crippen molar-refractivity contribution in [2.45, 2.75) is 13.8 Å². The number of nitrogens with zero attached hydrogens (tertiary/aromatic N) is 4. The van der Waals surface area contributed by atoms with Gasteiger partial charge in [-0.3, -0.25) is 9.48 Å². The Bertz CT molecular complexity index is 1220. The first-order valence-electron chi connectivity index (χ1n) is 9.81. The number of hydrogen-bond acceptors (Lipinski definition) is 4. The number of benzene rings is 2. The van der Waals surface area contributed by atoms with Crippen LogP contribution in [0.5, 0.6) is 0 Å². The number of nitrogens with one attached hydrogen (secondary N) is 1. The third-order valence-corrected chi connectivity index (χ3v) is 4.38. The second-order valence-corrected chi connectivity index (χ2v) is 6.36. The molecule has 0 unspecified atom stereocenters. The highest BCUT2D eigenvalue weighted by Gasteiger charge is 2.18. The molecule has 0 spiro atoms. The molecule has 2 heterocycles. The van der Waals surface area contributed by atoms with Crippen molar-refractivity contribution in [2.75, 3.05) is 5.32 Å². The minimum absolute atomic E-state index is 0.0166. The summed E-state index contributed by atoms with van der Waals surface area (Å²) in [4.78, 5) is 20.4. The number of anilines is 1. The van der Waals surface area contributed by atoms with Crippen LogP contribution >= 0.6 is 0 Å². The zero-order valence-electron chi connectivity index (χ0n) is 17.6. The fourth-order valence-corrected chi connectivity index (χ4v) is 2.93. The maximum atomic E-state index is 14.0. The summed E-state index contributed by atoms with van der Waals surface area (Å²) in [5.41, 5.74) is 1.06. The lowest BCUT2D eigenvalue weighted by atomic mass is 10.1. The average Bonchev–Trinajstić information content (AvgIpc) is 3.17. The molecule has 0 aliphatic carbocycles. The molecule has 164 valence electrons. The van der Waals surface area contributed by atoms with Crippen LogP contribution in [0.3, 0.4) is 0 Å². The molecule has 0 saturated heterocycles. The van der Waals surface area contributed by atoms with Gasteiger partial charge in [0.25, 0.3) is 5.91 Å². The summed E-state index contributed by atoms with van der Waals surface area (Å²) < 4.78 is 43.0. The molecule has 0 bridgehead atoms. The Kier molecular flexibility index (Phi) is 6.99. The Morgan fingerprint density at radius 2 is 1.53 bits per heavy atom. The number of aryl methyl sites for hydroxylation is 1. The monoisotopic (exact) mass is 439 g/mol. The quantitative estimate of drug-likeness (QED) is 0.472. The molecule has 0 saturated carbocycles. The van der Waals surface area contributed by atoms with Crippen LogP contribution in [0.15, 0.2) is 60.9 Å². The molecule has 6 nitrogen and oxygen atoms in total. The Hall–Kier alpha value is -4.01. The molecular weight excluding hydrogens is 419 g/mol. The van der Waals surface area contributed by atoms with E-state index in [4.69, 9.17) is 0 Å². The lowest BCUT2D eigenvalue weighted by Crippen LogP contribution is -2.16. The predicted octanol–water partition coefficient (Wildman–Crippen LogP) is 5.24. The van der Waals surface area contributed by atoms with Gasteiger partial charge in [0.2, 0.25) is 0 Å². The summed E-state index contributed by atoms with van der Waals surface area (Å²) in [6.07, 6.45) is 2.62. The van der Waals surface area contributed by atoms with E-state index in [2.05, 4.69) is 20.4 Å². The Morgan fingerprint density at radius 3 is 2.16 bits per heavy atom. The molecule has 0 fully saturated rings. The summed E-state index contributed by atoms with van der Waals surface area (Å²) in [6, 6.07) is 11.1. The number of halogens is 3. The highest BCUT2D eigenvalue weighted by atomic mass is 19.1. The molecule has 0 radical (unpaired) electrons. The molecule has 32 heavy (non-hydrogen) atoms. The van der Waals surface area contributed by atoms with Crippen LogP contribution in [-0.2, 0) is 7.05 Å². The molecule has 0 atom stereocenters. The van der Waals surface area contributed by atoms with E-state index >= 15 is 0 Å². The van der Waals surface area contributed by atoms with Crippen molar-refractivity contribution in [3.05, 3.63) is 83.9 Å². The summed E-state index contributed by atoms with van der Waals surface area (Å²) in [5, 5.41) is 6.61. The van der Waals surface area contributed by atoms with E-state index in [-0.39, 0.29) is 5.82 Å². The van der Waals surface area contributed by atoms with Crippen LogP contribution in [-0.4, -0.2) is 25.7 Å². The number of carbonyl (C=O) groups excluding carboxylic acids is 1. The zero-order valence-corrected chi connectivity index (χ0v) is 17.6. The second-order valence-electron chi connectivity index (χ2n) is 6.36. The molecule has 9 heteroatoms. The van der Waals surface area contributed by atoms with Crippen LogP contribution in [0.25, 0.3) is 22.6 Å². The summed E-state index contributed by atoms with van der Waals surface area (Å²) in [6.45, 7) is 4.00. The van der Waals surface area contributed by atoms with Crippen molar-refractivity contribution in [3.63, 3.8) is 0 Å². The third kappa shape index (κ3) is 4.66. The second kappa shape index (κ2) is 9.86. The molecular formula is C23H20F3N5O. The number of hydrogen-bond donors (Lipinski definition) is 1. The van der Waals surface area contributed by atoms with Crippen molar-refractivity contribution in [2.24, 2.45) is 7.05 Å². The summed E-state index contributed by atoms with van der Waals surface area (Å²) in [5.74, 6) is -3.31. The van der Waals surface area contributed by atoms with Crippen molar-refractivity contribution in [3.8, 4) is 22.6 Å². The summed E-state index contributed by atoms with van der Waals surface area (Å²) in [7, 11) is 1.68. The zero-order chi connectivity index (χ0) is 23.3. The van der Waals surface area contributed by atoms with E-state index in [1.807, 2.05) is 13.8 Å². The number of carbonyl (C=O) groups is 1. The largest absolute Gasteiger partial charge is 0.305 e. The Balaban J connectivity index is 0.00000141. The van der Waals surface area contributed by atoms with E-state index < -0.39 is 28.9 Å².